The van der Waals surface area contributed by atoms with Gasteiger partial charge in [0.1, 0.15) is 5.54 Å². The van der Waals surface area contributed by atoms with Gasteiger partial charge in [0.2, 0.25) is 0 Å². The minimum atomic E-state index is -0.741. The molecule has 1 aliphatic heterocycles. The Kier molecular flexibility index (Phi) is 2.81. The fourth-order valence-electron chi connectivity index (χ4n) is 1.47. The monoisotopic (exact) mass is 212 g/mol. The molecule has 4 heteroatoms. The highest BCUT2D eigenvalue weighted by atomic mass is 16.2. The molecule has 3 amide bonds. The van der Waals surface area contributed by atoms with E-state index in [9.17, 15) is 9.59 Å². The Balaban J connectivity index is 2.64. The van der Waals surface area contributed by atoms with Gasteiger partial charge in [-0.25, -0.2) is 4.79 Å². The third-order valence-corrected chi connectivity index (χ3v) is 2.53. The van der Waals surface area contributed by atoms with Crippen LogP contribution in [0, 0.1) is 5.41 Å². The van der Waals surface area contributed by atoms with Crippen LogP contribution < -0.4 is 5.32 Å². The number of amides is 3. The van der Waals surface area contributed by atoms with Crippen molar-refractivity contribution in [2.24, 2.45) is 5.41 Å². The molecule has 0 spiro atoms. The first-order chi connectivity index (χ1) is 6.63. The number of urea groups is 1. The summed E-state index contributed by atoms with van der Waals surface area (Å²) < 4.78 is 0. The van der Waals surface area contributed by atoms with E-state index in [1.807, 2.05) is 0 Å². The molecule has 0 aromatic carbocycles. The predicted octanol–water partition coefficient (Wildman–Crippen LogP) is 1.75. The number of hydrogen-bond acceptors (Lipinski definition) is 2. The number of carbonyl (C=O) groups excluding carboxylic acids is 2. The summed E-state index contributed by atoms with van der Waals surface area (Å²) in [6.45, 7) is 10.2. The number of hydrogen-bond donors (Lipinski definition) is 1. The maximum Gasteiger partial charge on any atom is 0.325 e. The van der Waals surface area contributed by atoms with Crippen molar-refractivity contribution in [2.45, 2.75) is 46.6 Å². The second-order valence-corrected chi connectivity index (χ2v) is 5.82. The first kappa shape index (κ1) is 12.0. The van der Waals surface area contributed by atoms with E-state index in [4.69, 9.17) is 0 Å². The highest BCUT2D eigenvalue weighted by molar-refractivity contribution is 6.06. The number of nitrogens with zero attached hydrogens (tertiary/aromatic N) is 1. The molecule has 1 saturated heterocycles. The Labute approximate surface area is 91.0 Å². The van der Waals surface area contributed by atoms with Crippen LogP contribution in [0.15, 0.2) is 0 Å². The second kappa shape index (κ2) is 3.51. The van der Waals surface area contributed by atoms with Crippen LogP contribution in [0.4, 0.5) is 4.79 Å². The Morgan fingerprint density at radius 2 is 1.80 bits per heavy atom. The van der Waals surface area contributed by atoms with Gasteiger partial charge in [0.15, 0.2) is 0 Å². The summed E-state index contributed by atoms with van der Waals surface area (Å²) in [6, 6.07) is -0.269. The minimum Gasteiger partial charge on any atom is -0.324 e. The summed E-state index contributed by atoms with van der Waals surface area (Å²) in [6.07, 6.45) is 0.822. The molecule has 0 unspecified atom stereocenters. The van der Waals surface area contributed by atoms with Crippen molar-refractivity contribution in [3.05, 3.63) is 0 Å². The molecule has 0 aliphatic carbocycles. The van der Waals surface area contributed by atoms with Crippen molar-refractivity contribution in [3.8, 4) is 0 Å². The highest BCUT2D eigenvalue weighted by Gasteiger charge is 2.44. The zero-order valence-corrected chi connectivity index (χ0v) is 10.2. The van der Waals surface area contributed by atoms with Gasteiger partial charge in [-0.3, -0.25) is 9.69 Å². The van der Waals surface area contributed by atoms with Crippen molar-refractivity contribution < 1.29 is 9.59 Å². The molecule has 0 atom stereocenters. The molecule has 15 heavy (non-hydrogen) atoms. The summed E-state index contributed by atoms with van der Waals surface area (Å²) in [5.74, 6) is -0.128. The quantitative estimate of drug-likeness (QED) is 0.709. The Morgan fingerprint density at radius 1 is 1.27 bits per heavy atom. The van der Waals surface area contributed by atoms with Crippen molar-refractivity contribution in [2.75, 3.05) is 6.54 Å². The lowest BCUT2D eigenvalue weighted by Crippen LogP contribution is -2.40. The van der Waals surface area contributed by atoms with E-state index in [1.165, 1.54) is 4.90 Å². The van der Waals surface area contributed by atoms with E-state index in [0.717, 1.165) is 6.42 Å². The SMILES string of the molecule is CC(C)(C)CCN1C(=O)NC(C)(C)C1=O. The zero-order valence-electron chi connectivity index (χ0n) is 10.2. The van der Waals surface area contributed by atoms with Gasteiger partial charge in [-0.15, -0.1) is 0 Å². The van der Waals surface area contributed by atoms with Crippen molar-refractivity contribution in [1.29, 1.82) is 0 Å². The topological polar surface area (TPSA) is 49.4 Å². The Hall–Kier alpha value is -1.06. The lowest BCUT2D eigenvalue weighted by atomic mass is 9.92. The Bertz CT molecular complexity index is 289. The summed E-state index contributed by atoms with van der Waals surface area (Å²) in [4.78, 5) is 24.6. The first-order valence-corrected chi connectivity index (χ1v) is 5.28. The molecule has 86 valence electrons. The average Bonchev–Trinajstić information content (AvgIpc) is 2.18. The molecule has 1 fully saturated rings. The maximum absolute atomic E-state index is 11.8. The normalized spacial score (nSPS) is 20.7. The number of nitrogens with one attached hydrogen (secondary N) is 1. The van der Waals surface area contributed by atoms with Crippen LogP contribution in [-0.2, 0) is 4.79 Å². The molecule has 0 aromatic rings. The number of imide groups is 1. The van der Waals surface area contributed by atoms with Crippen molar-refractivity contribution >= 4 is 11.9 Å². The van der Waals surface area contributed by atoms with Gasteiger partial charge in [0, 0.05) is 6.54 Å². The number of carbonyl (C=O) groups is 2. The lowest BCUT2D eigenvalue weighted by Gasteiger charge is -2.22. The van der Waals surface area contributed by atoms with Gasteiger partial charge in [0.05, 0.1) is 0 Å². The Morgan fingerprint density at radius 3 is 2.13 bits per heavy atom. The van der Waals surface area contributed by atoms with Gasteiger partial charge < -0.3 is 5.32 Å². The van der Waals surface area contributed by atoms with Gasteiger partial charge in [-0.1, -0.05) is 20.8 Å². The summed E-state index contributed by atoms with van der Waals surface area (Å²) in [7, 11) is 0. The predicted molar refractivity (Wildman–Crippen MR) is 58.4 cm³/mol. The molecular formula is C11H20N2O2. The summed E-state index contributed by atoms with van der Waals surface area (Å²) in [5.41, 5.74) is -0.609. The van der Waals surface area contributed by atoms with Crippen molar-refractivity contribution in [1.82, 2.24) is 10.2 Å². The van der Waals surface area contributed by atoms with Gasteiger partial charge >= 0.3 is 6.03 Å². The molecule has 0 radical (unpaired) electrons. The molecule has 0 saturated carbocycles. The van der Waals surface area contributed by atoms with Gasteiger partial charge in [-0.05, 0) is 25.7 Å². The van der Waals surface area contributed by atoms with Gasteiger partial charge in [-0.2, -0.15) is 0 Å². The fraction of sp³-hybridized carbons (Fsp3) is 0.818. The lowest BCUT2D eigenvalue weighted by molar-refractivity contribution is -0.130. The molecule has 1 rings (SSSR count). The molecule has 1 aliphatic rings. The number of rotatable bonds is 2. The summed E-state index contributed by atoms with van der Waals surface area (Å²) >= 11 is 0. The third-order valence-electron chi connectivity index (χ3n) is 2.53. The first-order valence-electron chi connectivity index (χ1n) is 5.28. The standard InChI is InChI=1S/C11H20N2O2/c1-10(2,3)6-7-13-8(14)11(4,5)12-9(13)15/h6-7H2,1-5H3,(H,12,15). The minimum absolute atomic E-state index is 0.128. The van der Waals surface area contributed by atoms with Crippen LogP contribution in [0.25, 0.3) is 0 Å². The molecule has 1 heterocycles. The van der Waals surface area contributed by atoms with Crippen LogP contribution in [-0.4, -0.2) is 28.9 Å². The molecule has 4 nitrogen and oxygen atoms in total. The van der Waals surface area contributed by atoms with E-state index in [-0.39, 0.29) is 17.4 Å². The van der Waals surface area contributed by atoms with Crippen LogP contribution in [0.1, 0.15) is 41.0 Å². The average molecular weight is 212 g/mol. The molecule has 0 bridgehead atoms. The van der Waals surface area contributed by atoms with Crippen molar-refractivity contribution in [3.63, 3.8) is 0 Å². The highest BCUT2D eigenvalue weighted by Crippen LogP contribution is 2.22. The van der Waals surface area contributed by atoms with E-state index >= 15 is 0 Å². The van der Waals surface area contributed by atoms with Gasteiger partial charge in [0.25, 0.3) is 5.91 Å². The fourth-order valence-corrected chi connectivity index (χ4v) is 1.47. The summed E-state index contributed by atoms with van der Waals surface area (Å²) in [5, 5.41) is 2.67. The van der Waals surface area contributed by atoms with E-state index < -0.39 is 5.54 Å². The second-order valence-electron chi connectivity index (χ2n) is 5.82. The molecule has 1 N–H and O–H groups in total. The van der Waals surface area contributed by atoms with Crippen LogP contribution in [0.2, 0.25) is 0 Å². The maximum atomic E-state index is 11.8. The molecule has 0 aromatic heterocycles. The zero-order chi connectivity index (χ0) is 11.9. The smallest absolute Gasteiger partial charge is 0.324 e. The third kappa shape index (κ3) is 2.70. The van der Waals surface area contributed by atoms with Crippen LogP contribution >= 0.6 is 0 Å². The largest absolute Gasteiger partial charge is 0.325 e. The van der Waals surface area contributed by atoms with Crippen LogP contribution in [0.5, 0.6) is 0 Å². The van der Waals surface area contributed by atoms with E-state index in [2.05, 4.69) is 26.1 Å². The van der Waals surface area contributed by atoms with E-state index in [1.54, 1.807) is 13.8 Å². The van der Waals surface area contributed by atoms with E-state index in [0.29, 0.717) is 6.54 Å². The molecular weight excluding hydrogens is 192 g/mol. The van der Waals surface area contributed by atoms with Crippen LogP contribution in [0.3, 0.4) is 0 Å².